The van der Waals surface area contributed by atoms with Crippen LogP contribution in [0.15, 0.2) is 48.5 Å². The summed E-state index contributed by atoms with van der Waals surface area (Å²) in [5.74, 6) is -0.800. The molecule has 2 aromatic rings. The molecule has 4 amide bonds. The Labute approximate surface area is 168 Å². The van der Waals surface area contributed by atoms with Crippen LogP contribution >= 0.6 is 0 Å². The standard InChI is InChI=1S/C22H21N3O4/c26-19(23-17-9-3-4-10-18(17)24-13-6-12-20(24)27)11-5-14-25-21(28)15-7-1-2-8-16(15)22(25)29/h1-4,7-10H,5-6,11-14H2,(H,23,26). The molecule has 7 heteroatoms. The minimum absolute atomic E-state index is 0.0531. The molecular weight excluding hydrogens is 370 g/mol. The Hall–Kier alpha value is -3.48. The van der Waals surface area contributed by atoms with Gasteiger partial charge in [0, 0.05) is 25.9 Å². The second kappa shape index (κ2) is 7.87. The normalized spacial score (nSPS) is 15.8. The highest BCUT2D eigenvalue weighted by Crippen LogP contribution is 2.29. The van der Waals surface area contributed by atoms with Gasteiger partial charge < -0.3 is 10.2 Å². The maximum atomic E-state index is 12.4. The van der Waals surface area contributed by atoms with Crippen molar-refractivity contribution < 1.29 is 19.2 Å². The third-order valence-electron chi connectivity index (χ3n) is 5.21. The molecule has 0 radical (unpaired) electrons. The number of hydrogen-bond acceptors (Lipinski definition) is 4. The van der Waals surface area contributed by atoms with Gasteiger partial charge in [0.1, 0.15) is 0 Å². The summed E-state index contributed by atoms with van der Waals surface area (Å²) in [6.07, 6.45) is 1.85. The van der Waals surface area contributed by atoms with Crippen molar-refractivity contribution in [3.8, 4) is 0 Å². The number of benzene rings is 2. The lowest BCUT2D eigenvalue weighted by molar-refractivity contribution is -0.117. The Kier molecular flexibility index (Phi) is 5.12. The van der Waals surface area contributed by atoms with Crippen LogP contribution in [0.4, 0.5) is 11.4 Å². The topological polar surface area (TPSA) is 86.8 Å². The number of hydrogen-bond donors (Lipinski definition) is 1. The van der Waals surface area contributed by atoms with Crippen molar-refractivity contribution in [2.24, 2.45) is 0 Å². The maximum absolute atomic E-state index is 12.4. The fourth-order valence-electron chi connectivity index (χ4n) is 3.77. The number of carbonyl (C=O) groups excluding carboxylic acids is 4. The minimum atomic E-state index is -0.316. The zero-order chi connectivity index (χ0) is 20.4. The number of fused-ring (bicyclic) bond motifs is 1. The molecule has 7 nitrogen and oxygen atoms in total. The SMILES string of the molecule is O=C(CCCN1C(=O)c2ccccc2C1=O)Nc1ccccc1N1CCCC1=O. The number of nitrogens with one attached hydrogen (secondary N) is 1. The molecular formula is C22H21N3O4. The van der Waals surface area contributed by atoms with Crippen LogP contribution in [0.3, 0.4) is 0 Å². The fourth-order valence-corrected chi connectivity index (χ4v) is 3.77. The monoisotopic (exact) mass is 391 g/mol. The highest BCUT2D eigenvalue weighted by Gasteiger charge is 2.34. The van der Waals surface area contributed by atoms with Gasteiger partial charge in [0.15, 0.2) is 0 Å². The second-order valence-corrected chi connectivity index (χ2v) is 7.13. The van der Waals surface area contributed by atoms with Crippen molar-refractivity contribution in [2.45, 2.75) is 25.7 Å². The Balaban J connectivity index is 1.35. The van der Waals surface area contributed by atoms with E-state index in [1.54, 1.807) is 41.3 Å². The third-order valence-corrected chi connectivity index (χ3v) is 5.21. The zero-order valence-corrected chi connectivity index (χ0v) is 15.9. The fraction of sp³-hybridized carbons (Fsp3) is 0.273. The lowest BCUT2D eigenvalue weighted by Gasteiger charge is -2.20. The first-order chi connectivity index (χ1) is 14.1. The van der Waals surface area contributed by atoms with E-state index in [-0.39, 0.29) is 36.6 Å². The van der Waals surface area contributed by atoms with Crippen LogP contribution in [0.1, 0.15) is 46.4 Å². The van der Waals surface area contributed by atoms with E-state index in [2.05, 4.69) is 5.32 Å². The van der Waals surface area contributed by atoms with E-state index in [9.17, 15) is 19.2 Å². The first-order valence-electron chi connectivity index (χ1n) is 9.71. The lowest BCUT2D eigenvalue weighted by atomic mass is 10.1. The number of imide groups is 1. The summed E-state index contributed by atoms with van der Waals surface area (Å²) < 4.78 is 0. The molecule has 4 rings (SSSR count). The van der Waals surface area contributed by atoms with Crippen LogP contribution in [-0.4, -0.2) is 41.6 Å². The molecule has 1 N–H and O–H groups in total. The molecule has 2 aromatic carbocycles. The third kappa shape index (κ3) is 3.63. The molecule has 1 saturated heterocycles. The van der Waals surface area contributed by atoms with Gasteiger partial charge in [-0.05, 0) is 37.1 Å². The summed E-state index contributed by atoms with van der Waals surface area (Å²) in [7, 11) is 0. The van der Waals surface area contributed by atoms with E-state index in [0.717, 1.165) is 6.42 Å². The molecule has 2 heterocycles. The first-order valence-corrected chi connectivity index (χ1v) is 9.71. The van der Waals surface area contributed by atoms with Gasteiger partial charge in [0.05, 0.1) is 22.5 Å². The smallest absolute Gasteiger partial charge is 0.261 e. The molecule has 2 aliphatic rings. The molecule has 0 aliphatic carbocycles. The predicted molar refractivity (Wildman–Crippen MR) is 108 cm³/mol. The van der Waals surface area contributed by atoms with E-state index < -0.39 is 0 Å². The molecule has 0 atom stereocenters. The summed E-state index contributed by atoms with van der Waals surface area (Å²) in [5, 5.41) is 2.85. The molecule has 2 aliphatic heterocycles. The van der Waals surface area contributed by atoms with Crippen LogP contribution in [-0.2, 0) is 9.59 Å². The molecule has 0 aromatic heterocycles. The average Bonchev–Trinajstić information content (AvgIpc) is 3.25. The first kappa shape index (κ1) is 18.9. The molecule has 1 fully saturated rings. The van der Waals surface area contributed by atoms with E-state index in [1.807, 2.05) is 12.1 Å². The van der Waals surface area contributed by atoms with Crippen molar-refractivity contribution in [1.82, 2.24) is 4.90 Å². The summed E-state index contributed by atoms with van der Waals surface area (Å²) in [4.78, 5) is 52.0. The van der Waals surface area contributed by atoms with Gasteiger partial charge in [-0.25, -0.2) is 0 Å². The maximum Gasteiger partial charge on any atom is 0.261 e. The Bertz CT molecular complexity index is 966. The van der Waals surface area contributed by atoms with Gasteiger partial charge in [0.25, 0.3) is 11.8 Å². The van der Waals surface area contributed by atoms with Gasteiger partial charge in [-0.15, -0.1) is 0 Å². The van der Waals surface area contributed by atoms with Crippen molar-refractivity contribution in [3.63, 3.8) is 0 Å². The second-order valence-electron chi connectivity index (χ2n) is 7.13. The van der Waals surface area contributed by atoms with E-state index in [0.29, 0.717) is 41.9 Å². The lowest BCUT2D eigenvalue weighted by Crippen LogP contribution is -2.31. The summed E-state index contributed by atoms with van der Waals surface area (Å²) in [5.41, 5.74) is 2.11. The van der Waals surface area contributed by atoms with E-state index in [1.165, 1.54) is 4.90 Å². The number of anilines is 2. The molecule has 0 spiro atoms. The van der Waals surface area contributed by atoms with Crippen molar-refractivity contribution in [2.75, 3.05) is 23.3 Å². The quantitative estimate of drug-likeness (QED) is 0.767. The molecule has 29 heavy (non-hydrogen) atoms. The van der Waals surface area contributed by atoms with Gasteiger partial charge in [-0.1, -0.05) is 24.3 Å². The van der Waals surface area contributed by atoms with Gasteiger partial charge in [-0.3, -0.25) is 24.1 Å². The predicted octanol–water partition coefficient (Wildman–Crippen LogP) is 2.83. The number of para-hydroxylation sites is 2. The molecule has 0 bridgehead atoms. The van der Waals surface area contributed by atoms with Crippen LogP contribution in [0.2, 0.25) is 0 Å². The van der Waals surface area contributed by atoms with Crippen LogP contribution in [0.25, 0.3) is 0 Å². The highest BCUT2D eigenvalue weighted by atomic mass is 16.2. The number of nitrogens with zero attached hydrogens (tertiary/aromatic N) is 2. The summed E-state index contributed by atoms with van der Waals surface area (Å²) >= 11 is 0. The zero-order valence-electron chi connectivity index (χ0n) is 15.9. The van der Waals surface area contributed by atoms with E-state index >= 15 is 0 Å². The van der Waals surface area contributed by atoms with Crippen molar-refractivity contribution >= 4 is 35.0 Å². The Morgan fingerprint density at radius 2 is 1.59 bits per heavy atom. The van der Waals surface area contributed by atoms with Crippen LogP contribution in [0.5, 0.6) is 0 Å². The van der Waals surface area contributed by atoms with Crippen LogP contribution in [0, 0.1) is 0 Å². The molecule has 0 unspecified atom stereocenters. The summed E-state index contributed by atoms with van der Waals surface area (Å²) in [6, 6.07) is 13.9. The van der Waals surface area contributed by atoms with Crippen molar-refractivity contribution in [1.29, 1.82) is 0 Å². The average molecular weight is 391 g/mol. The number of amides is 4. The van der Waals surface area contributed by atoms with Gasteiger partial charge in [-0.2, -0.15) is 0 Å². The number of rotatable bonds is 6. The Morgan fingerprint density at radius 3 is 2.24 bits per heavy atom. The van der Waals surface area contributed by atoms with E-state index in [4.69, 9.17) is 0 Å². The van der Waals surface area contributed by atoms with Gasteiger partial charge >= 0.3 is 0 Å². The van der Waals surface area contributed by atoms with Crippen molar-refractivity contribution in [3.05, 3.63) is 59.7 Å². The minimum Gasteiger partial charge on any atom is -0.324 e. The molecule has 0 saturated carbocycles. The Morgan fingerprint density at radius 1 is 0.931 bits per heavy atom. The highest BCUT2D eigenvalue weighted by molar-refractivity contribution is 6.21. The molecule has 148 valence electrons. The largest absolute Gasteiger partial charge is 0.324 e. The van der Waals surface area contributed by atoms with Gasteiger partial charge in [0.2, 0.25) is 11.8 Å². The number of carbonyl (C=O) groups is 4. The summed E-state index contributed by atoms with van der Waals surface area (Å²) in [6.45, 7) is 0.831. The van der Waals surface area contributed by atoms with Crippen LogP contribution < -0.4 is 10.2 Å².